The minimum Gasteiger partial charge on any atom is -0.511 e. The van der Waals surface area contributed by atoms with Crippen LogP contribution in [0.15, 0.2) is 11.3 Å². The normalized spacial score (nSPS) is 29.2. The van der Waals surface area contributed by atoms with Gasteiger partial charge in [0.15, 0.2) is 6.10 Å². The van der Waals surface area contributed by atoms with E-state index < -0.39 is 12.1 Å². The Morgan fingerprint density at radius 2 is 2.18 bits per heavy atom. The van der Waals surface area contributed by atoms with Crippen LogP contribution in [0.1, 0.15) is 26.2 Å². The fourth-order valence-electron chi connectivity index (χ4n) is 1.85. The third-order valence-electron chi connectivity index (χ3n) is 3.16. The fourth-order valence-corrected chi connectivity index (χ4v) is 2.22. The number of esters is 1. The number of cyclic esters (lactones) is 1. The number of Topliss-reactive ketones (excluding diaryl/α,β-unsaturated/α-hetero) is 1. The van der Waals surface area contributed by atoms with Gasteiger partial charge in [0.2, 0.25) is 5.78 Å². The number of allylic oxidation sites excluding steroid dienone is 1. The van der Waals surface area contributed by atoms with Gasteiger partial charge < -0.3 is 9.84 Å². The summed E-state index contributed by atoms with van der Waals surface area (Å²) in [6.45, 7) is 1.98. The topological polar surface area (TPSA) is 63.6 Å². The maximum Gasteiger partial charge on any atom is 0.346 e. The van der Waals surface area contributed by atoms with Crippen molar-refractivity contribution < 1.29 is 19.4 Å². The Morgan fingerprint density at radius 3 is 2.71 bits per heavy atom. The Balaban J connectivity index is 2.13. The predicted octanol–water partition coefficient (Wildman–Crippen LogP) is 1.84. The molecule has 2 aliphatic rings. The van der Waals surface area contributed by atoms with Gasteiger partial charge in [0, 0.05) is 17.6 Å². The molecule has 0 aromatic heterocycles. The van der Waals surface area contributed by atoms with Crippen molar-refractivity contribution in [3.8, 4) is 0 Å². The van der Waals surface area contributed by atoms with Crippen LogP contribution >= 0.6 is 11.8 Å². The molecular weight excluding hydrogens is 240 g/mol. The number of carbonyl (C=O) groups excluding carboxylic acids is 2. The van der Waals surface area contributed by atoms with Crippen molar-refractivity contribution in [3.05, 3.63) is 11.3 Å². The number of aliphatic hydroxyl groups excluding tert-OH is 1. The highest BCUT2D eigenvalue weighted by Gasteiger charge is 2.44. The van der Waals surface area contributed by atoms with Gasteiger partial charge in [0.05, 0.1) is 0 Å². The summed E-state index contributed by atoms with van der Waals surface area (Å²) < 4.78 is 5.04. The van der Waals surface area contributed by atoms with Crippen molar-refractivity contribution in [2.45, 2.75) is 37.5 Å². The zero-order chi connectivity index (χ0) is 12.6. The van der Waals surface area contributed by atoms with Crippen LogP contribution in [0.3, 0.4) is 0 Å². The smallest absolute Gasteiger partial charge is 0.346 e. The highest BCUT2D eigenvalue weighted by atomic mass is 32.2. The van der Waals surface area contributed by atoms with E-state index in [1.165, 1.54) is 0 Å². The van der Waals surface area contributed by atoms with E-state index in [4.69, 9.17) is 4.74 Å². The van der Waals surface area contributed by atoms with Crippen molar-refractivity contribution in [1.82, 2.24) is 0 Å². The lowest BCUT2D eigenvalue weighted by Gasteiger charge is -2.11. The van der Waals surface area contributed by atoms with E-state index in [1.54, 1.807) is 11.8 Å². The number of hydrogen-bond acceptors (Lipinski definition) is 5. The lowest BCUT2D eigenvalue weighted by atomic mass is 10.0. The van der Waals surface area contributed by atoms with Crippen LogP contribution in [0.25, 0.3) is 0 Å². The van der Waals surface area contributed by atoms with Gasteiger partial charge in [-0.05, 0) is 19.1 Å². The third kappa shape index (κ3) is 2.49. The molecule has 2 atom stereocenters. The van der Waals surface area contributed by atoms with Crippen molar-refractivity contribution in [1.29, 1.82) is 0 Å². The highest BCUT2D eigenvalue weighted by Crippen LogP contribution is 2.38. The predicted molar refractivity (Wildman–Crippen MR) is 64.9 cm³/mol. The first-order valence-electron chi connectivity index (χ1n) is 5.75. The lowest BCUT2D eigenvalue weighted by molar-refractivity contribution is -0.141. The molecule has 0 bridgehead atoms. The van der Waals surface area contributed by atoms with Gasteiger partial charge in [0.1, 0.15) is 11.3 Å². The second kappa shape index (κ2) is 4.72. The molecule has 1 saturated heterocycles. The number of aliphatic hydroxyl groups is 1. The maximum atomic E-state index is 12.0. The SMILES string of the molecule is CSC(C)CC1OC(=O)/C(=C(/O)C2CC2)C1=O. The summed E-state index contributed by atoms with van der Waals surface area (Å²) in [7, 11) is 0. The molecule has 1 aliphatic heterocycles. The molecule has 0 aromatic carbocycles. The molecule has 2 fully saturated rings. The lowest BCUT2D eigenvalue weighted by Crippen LogP contribution is -2.20. The molecule has 0 radical (unpaired) electrons. The Morgan fingerprint density at radius 1 is 1.53 bits per heavy atom. The Hall–Kier alpha value is -0.970. The number of thioether (sulfide) groups is 1. The Labute approximate surface area is 104 Å². The summed E-state index contributed by atoms with van der Waals surface area (Å²) in [5.74, 6) is -1.06. The van der Waals surface area contributed by atoms with Gasteiger partial charge in [0.25, 0.3) is 0 Å². The average Bonchev–Trinajstić information content (AvgIpc) is 3.07. The first kappa shape index (κ1) is 12.5. The molecule has 5 heteroatoms. The molecule has 94 valence electrons. The number of ether oxygens (including phenoxy) is 1. The zero-order valence-electron chi connectivity index (χ0n) is 9.93. The fraction of sp³-hybridized carbons (Fsp3) is 0.667. The van der Waals surface area contributed by atoms with Gasteiger partial charge in [-0.15, -0.1) is 0 Å². The summed E-state index contributed by atoms with van der Waals surface area (Å²) in [6.07, 6.45) is 3.45. The van der Waals surface area contributed by atoms with E-state index in [1.807, 2.05) is 13.2 Å². The monoisotopic (exact) mass is 256 g/mol. The molecule has 1 N–H and O–H groups in total. The summed E-state index contributed by atoms with van der Waals surface area (Å²) in [6, 6.07) is 0. The minimum absolute atomic E-state index is 0.00164. The summed E-state index contributed by atoms with van der Waals surface area (Å²) in [5.41, 5.74) is -0.106. The molecule has 2 unspecified atom stereocenters. The molecule has 2 rings (SSSR count). The minimum atomic E-state index is -0.708. The highest BCUT2D eigenvalue weighted by molar-refractivity contribution is 7.99. The molecule has 0 aromatic rings. The van der Waals surface area contributed by atoms with E-state index >= 15 is 0 Å². The molecule has 0 spiro atoms. The van der Waals surface area contributed by atoms with Crippen LogP contribution in [-0.4, -0.2) is 34.5 Å². The molecule has 1 saturated carbocycles. The van der Waals surface area contributed by atoms with Crippen molar-refractivity contribution in [3.63, 3.8) is 0 Å². The molecule has 0 amide bonds. The van der Waals surface area contributed by atoms with Crippen LogP contribution in [0.4, 0.5) is 0 Å². The number of hydrogen-bond donors (Lipinski definition) is 1. The van der Waals surface area contributed by atoms with Crippen LogP contribution in [0.5, 0.6) is 0 Å². The van der Waals surface area contributed by atoms with Gasteiger partial charge in [-0.25, -0.2) is 4.79 Å². The average molecular weight is 256 g/mol. The first-order chi connectivity index (χ1) is 8.04. The van der Waals surface area contributed by atoms with Crippen molar-refractivity contribution in [2.75, 3.05) is 6.26 Å². The number of rotatable bonds is 4. The van der Waals surface area contributed by atoms with Gasteiger partial charge in [-0.1, -0.05) is 6.92 Å². The van der Waals surface area contributed by atoms with Crippen LogP contribution in [0, 0.1) is 5.92 Å². The Kier molecular flexibility index (Phi) is 3.47. The summed E-state index contributed by atoms with van der Waals surface area (Å²) in [5, 5.41) is 10.0. The second-order valence-electron chi connectivity index (χ2n) is 4.57. The van der Waals surface area contributed by atoms with E-state index in [0.29, 0.717) is 6.42 Å². The van der Waals surface area contributed by atoms with Gasteiger partial charge in [-0.3, -0.25) is 4.79 Å². The van der Waals surface area contributed by atoms with E-state index in [-0.39, 0.29) is 28.3 Å². The first-order valence-corrected chi connectivity index (χ1v) is 7.04. The number of carbonyl (C=O) groups is 2. The van der Waals surface area contributed by atoms with Crippen LogP contribution in [-0.2, 0) is 14.3 Å². The molecule has 1 aliphatic carbocycles. The van der Waals surface area contributed by atoms with Crippen LogP contribution < -0.4 is 0 Å². The standard InChI is InChI=1S/C12H16O4S/c1-6(17-2)5-8-11(14)9(12(15)16-8)10(13)7-3-4-7/h6-8,13H,3-5H2,1-2H3/b10-9+. The largest absolute Gasteiger partial charge is 0.511 e. The quantitative estimate of drug-likeness (QED) is 0.360. The molecule has 4 nitrogen and oxygen atoms in total. The van der Waals surface area contributed by atoms with Crippen molar-refractivity contribution >= 4 is 23.5 Å². The maximum absolute atomic E-state index is 12.0. The van der Waals surface area contributed by atoms with Gasteiger partial charge in [-0.2, -0.15) is 11.8 Å². The summed E-state index contributed by atoms with van der Waals surface area (Å²) >= 11 is 1.62. The van der Waals surface area contributed by atoms with E-state index in [9.17, 15) is 14.7 Å². The Bertz CT molecular complexity index is 384. The second-order valence-corrected chi connectivity index (χ2v) is 5.85. The van der Waals surface area contributed by atoms with Gasteiger partial charge >= 0.3 is 5.97 Å². The van der Waals surface area contributed by atoms with E-state index in [0.717, 1.165) is 12.8 Å². The molecule has 17 heavy (non-hydrogen) atoms. The third-order valence-corrected chi connectivity index (χ3v) is 4.16. The molecular formula is C12H16O4S. The zero-order valence-corrected chi connectivity index (χ0v) is 10.8. The number of ketones is 1. The molecule has 1 heterocycles. The van der Waals surface area contributed by atoms with Crippen molar-refractivity contribution in [2.24, 2.45) is 5.92 Å². The van der Waals surface area contributed by atoms with E-state index in [2.05, 4.69) is 0 Å². The van der Waals surface area contributed by atoms with Crippen LogP contribution in [0.2, 0.25) is 0 Å². The summed E-state index contributed by atoms with van der Waals surface area (Å²) in [4.78, 5) is 23.5.